The quantitative estimate of drug-likeness (QED) is 0.870. The van der Waals surface area contributed by atoms with Gasteiger partial charge in [0.15, 0.2) is 11.6 Å². The highest BCUT2D eigenvalue weighted by Crippen LogP contribution is 2.20. The smallest absolute Gasteiger partial charge is 0.425 e. The van der Waals surface area contributed by atoms with Crippen molar-refractivity contribution >= 4 is 29.7 Å². The van der Waals surface area contributed by atoms with Crippen molar-refractivity contribution in [2.45, 2.75) is 59.7 Å². The number of carbonyl (C=O) groups excluding carboxylic acids is 3. The number of carbonyl (C=O) groups is 3. The zero-order chi connectivity index (χ0) is 19.4. The van der Waals surface area contributed by atoms with Crippen LogP contribution in [0, 0.1) is 0 Å². The summed E-state index contributed by atoms with van der Waals surface area (Å²) in [7, 11) is 0. The number of rotatable bonds is 2. The number of anilines is 2. The molecule has 9 heteroatoms. The van der Waals surface area contributed by atoms with Crippen LogP contribution in [0.15, 0.2) is 12.4 Å². The maximum absolute atomic E-state index is 12.5. The summed E-state index contributed by atoms with van der Waals surface area (Å²) in [4.78, 5) is 44.7. The monoisotopic (exact) mass is 352 g/mol. The van der Waals surface area contributed by atoms with E-state index in [9.17, 15) is 14.4 Å². The van der Waals surface area contributed by atoms with Gasteiger partial charge in [-0.25, -0.2) is 14.6 Å². The first-order valence-electron chi connectivity index (χ1n) is 7.64. The fourth-order valence-corrected chi connectivity index (χ4v) is 1.58. The molecule has 1 N–H and O–H groups in total. The Morgan fingerprint density at radius 3 is 1.84 bits per heavy atom. The fourth-order valence-electron chi connectivity index (χ4n) is 1.58. The summed E-state index contributed by atoms with van der Waals surface area (Å²) in [5.74, 6) is -0.413. The zero-order valence-electron chi connectivity index (χ0n) is 15.5. The molecule has 3 amide bonds. The number of aromatic nitrogens is 2. The van der Waals surface area contributed by atoms with E-state index < -0.39 is 23.4 Å². The average Bonchev–Trinajstić information content (AvgIpc) is 2.33. The van der Waals surface area contributed by atoms with E-state index in [0.717, 1.165) is 0 Å². The van der Waals surface area contributed by atoms with Crippen LogP contribution >= 0.6 is 0 Å². The van der Waals surface area contributed by atoms with Gasteiger partial charge in [-0.2, -0.15) is 4.90 Å². The predicted molar refractivity (Wildman–Crippen MR) is 91.3 cm³/mol. The molecule has 1 rings (SSSR count). The van der Waals surface area contributed by atoms with E-state index in [0.29, 0.717) is 4.90 Å². The van der Waals surface area contributed by atoms with Crippen LogP contribution in [0.2, 0.25) is 0 Å². The molecular formula is C16H24N4O5. The number of amides is 3. The van der Waals surface area contributed by atoms with Gasteiger partial charge in [-0.05, 0) is 41.5 Å². The molecule has 0 aliphatic carbocycles. The second-order valence-electron chi connectivity index (χ2n) is 7.24. The van der Waals surface area contributed by atoms with Crippen molar-refractivity contribution in [2.75, 3.05) is 10.2 Å². The molecule has 1 aromatic heterocycles. The highest BCUT2D eigenvalue weighted by atomic mass is 16.6. The van der Waals surface area contributed by atoms with Crippen molar-refractivity contribution in [3.8, 4) is 0 Å². The van der Waals surface area contributed by atoms with Crippen molar-refractivity contribution in [2.24, 2.45) is 0 Å². The third-order valence-electron chi connectivity index (χ3n) is 2.31. The van der Waals surface area contributed by atoms with Gasteiger partial charge in [0.05, 0.1) is 12.4 Å². The summed E-state index contributed by atoms with van der Waals surface area (Å²) in [5, 5.41) is 2.43. The summed E-state index contributed by atoms with van der Waals surface area (Å²) in [6.07, 6.45) is 0.555. The minimum atomic E-state index is -0.962. The number of ether oxygens (including phenoxy) is 2. The summed E-state index contributed by atoms with van der Waals surface area (Å²) >= 11 is 0. The highest BCUT2D eigenvalue weighted by molar-refractivity contribution is 6.08. The molecular weight excluding hydrogens is 328 g/mol. The summed E-state index contributed by atoms with van der Waals surface area (Å²) in [6.45, 7) is 11.3. The zero-order valence-corrected chi connectivity index (χ0v) is 15.5. The van der Waals surface area contributed by atoms with E-state index in [1.807, 2.05) is 0 Å². The van der Waals surface area contributed by atoms with Gasteiger partial charge in [0, 0.05) is 6.92 Å². The fraction of sp³-hybridized carbons (Fsp3) is 0.562. The van der Waals surface area contributed by atoms with Crippen LogP contribution in [0.5, 0.6) is 0 Å². The molecule has 1 aromatic rings. The van der Waals surface area contributed by atoms with Gasteiger partial charge >= 0.3 is 12.2 Å². The number of hydrogen-bond acceptors (Lipinski definition) is 7. The molecule has 0 aromatic carbocycles. The first kappa shape index (κ1) is 20.3. The molecule has 0 saturated carbocycles. The van der Waals surface area contributed by atoms with Gasteiger partial charge in [0.25, 0.3) is 0 Å². The summed E-state index contributed by atoms with van der Waals surface area (Å²) in [6, 6.07) is 0. The number of nitrogens with zero attached hydrogens (tertiary/aromatic N) is 3. The largest absolute Gasteiger partial charge is 0.443 e. The lowest BCUT2D eigenvalue weighted by molar-refractivity contribution is -0.114. The number of imide groups is 1. The van der Waals surface area contributed by atoms with Crippen LogP contribution in [-0.4, -0.2) is 39.3 Å². The van der Waals surface area contributed by atoms with Gasteiger partial charge in [-0.1, -0.05) is 0 Å². The lowest BCUT2D eigenvalue weighted by Crippen LogP contribution is -2.44. The van der Waals surface area contributed by atoms with Gasteiger partial charge in [0.2, 0.25) is 5.91 Å². The van der Waals surface area contributed by atoms with E-state index in [2.05, 4.69) is 15.3 Å². The topological polar surface area (TPSA) is 111 Å². The summed E-state index contributed by atoms with van der Waals surface area (Å²) in [5.41, 5.74) is -1.67. The van der Waals surface area contributed by atoms with Crippen LogP contribution in [0.25, 0.3) is 0 Å². The van der Waals surface area contributed by atoms with Crippen molar-refractivity contribution in [1.29, 1.82) is 0 Å². The second-order valence-corrected chi connectivity index (χ2v) is 7.24. The highest BCUT2D eigenvalue weighted by Gasteiger charge is 2.33. The van der Waals surface area contributed by atoms with Gasteiger partial charge in [0.1, 0.15) is 11.2 Å². The number of hydrogen-bond donors (Lipinski definition) is 1. The Balaban J connectivity index is 3.24. The molecule has 0 aliphatic heterocycles. The Morgan fingerprint density at radius 1 is 0.960 bits per heavy atom. The molecule has 9 nitrogen and oxygen atoms in total. The summed E-state index contributed by atoms with van der Waals surface area (Å²) < 4.78 is 10.5. The Kier molecular flexibility index (Phi) is 6.06. The normalized spacial score (nSPS) is 11.5. The molecule has 0 aliphatic rings. The van der Waals surface area contributed by atoms with Crippen molar-refractivity contribution in [1.82, 2.24) is 9.97 Å². The van der Waals surface area contributed by atoms with Gasteiger partial charge in [-0.3, -0.25) is 9.78 Å². The Bertz CT molecular complexity index is 633. The molecule has 25 heavy (non-hydrogen) atoms. The van der Waals surface area contributed by atoms with E-state index in [4.69, 9.17) is 9.47 Å². The van der Waals surface area contributed by atoms with Crippen LogP contribution in [0.3, 0.4) is 0 Å². The standard InChI is InChI=1S/C16H24N4O5/c1-10(21)18-11-8-17-9-12(19-11)20(13(22)24-15(2,3)4)14(23)25-16(5,6)7/h8-9H,1-7H3,(H,18,19,21). The lowest BCUT2D eigenvalue weighted by Gasteiger charge is -2.27. The minimum absolute atomic E-state index is 0.0853. The molecule has 0 spiro atoms. The molecule has 0 radical (unpaired) electrons. The van der Waals surface area contributed by atoms with Gasteiger partial charge in [-0.15, -0.1) is 0 Å². The average molecular weight is 352 g/mol. The van der Waals surface area contributed by atoms with Crippen molar-refractivity contribution in [3.63, 3.8) is 0 Å². The van der Waals surface area contributed by atoms with Crippen LogP contribution in [0.1, 0.15) is 48.5 Å². The van der Waals surface area contributed by atoms with Crippen molar-refractivity contribution in [3.05, 3.63) is 12.4 Å². The third-order valence-corrected chi connectivity index (χ3v) is 2.31. The molecule has 0 bridgehead atoms. The molecule has 0 atom stereocenters. The first-order valence-corrected chi connectivity index (χ1v) is 7.64. The first-order chi connectivity index (χ1) is 11.3. The Labute approximate surface area is 146 Å². The minimum Gasteiger partial charge on any atom is -0.443 e. The molecule has 0 fully saturated rings. The Hall–Kier alpha value is -2.71. The third kappa shape index (κ3) is 7.15. The Morgan fingerprint density at radius 2 is 1.44 bits per heavy atom. The van der Waals surface area contributed by atoms with Gasteiger partial charge < -0.3 is 14.8 Å². The molecule has 1 heterocycles. The molecule has 138 valence electrons. The maximum Gasteiger partial charge on any atom is 0.425 e. The van der Waals surface area contributed by atoms with E-state index in [1.54, 1.807) is 41.5 Å². The van der Waals surface area contributed by atoms with Crippen molar-refractivity contribution < 1.29 is 23.9 Å². The molecule has 0 unspecified atom stereocenters. The SMILES string of the molecule is CC(=O)Nc1cncc(N(C(=O)OC(C)(C)C)C(=O)OC(C)(C)C)n1. The van der Waals surface area contributed by atoms with Crippen LogP contribution in [0.4, 0.5) is 21.2 Å². The number of nitrogens with one attached hydrogen (secondary N) is 1. The van der Waals surface area contributed by atoms with E-state index >= 15 is 0 Å². The molecule has 0 saturated heterocycles. The lowest BCUT2D eigenvalue weighted by atomic mass is 10.2. The van der Waals surface area contributed by atoms with E-state index in [-0.39, 0.29) is 17.5 Å². The predicted octanol–water partition coefficient (Wildman–Crippen LogP) is 3.11. The van der Waals surface area contributed by atoms with Crippen LogP contribution < -0.4 is 10.2 Å². The second kappa shape index (κ2) is 7.45. The van der Waals surface area contributed by atoms with Crippen LogP contribution in [-0.2, 0) is 14.3 Å². The van der Waals surface area contributed by atoms with E-state index in [1.165, 1.54) is 19.3 Å². The maximum atomic E-state index is 12.5.